The smallest absolute Gasteiger partial charge is 0.335 e. The zero-order chi connectivity index (χ0) is 14.7. The first kappa shape index (κ1) is 13.8. The van der Waals surface area contributed by atoms with Crippen molar-refractivity contribution >= 4 is 22.9 Å². The number of imidazole rings is 1. The fourth-order valence-corrected chi connectivity index (χ4v) is 1.85. The molecule has 1 aromatic carbocycles. The third-order valence-corrected chi connectivity index (χ3v) is 2.72. The topological polar surface area (TPSA) is 127 Å². The Morgan fingerprint density at radius 3 is 2.80 bits per heavy atom. The summed E-state index contributed by atoms with van der Waals surface area (Å²) in [7, 11) is 0. The highest BCUT2D eigenvalue weighted by Crippen LogP contribution is 2.12. The summed E-state index contributed by atoms with van der Waals surface area (Å²) in [4.78, 5) is 35.7. The summed E-state index contributed by atoms with van der Waals surface area (Å²) >= 11 is 0. The standard InChI is InChI=1S/C12H13N3O5/c13-10(16)6-20-4-3-15-9-2-1-7(11(17)18)5-8(9)14-12(15)19/h1-2,5H,3-4,6H2,(H2,13,16)(H,14,19)(H,17,18). The molecule has 1 heterocycles. The Morgan fingerprint density at radius 1 is 1.40 bits per heavy atom. The Bertz CT molecular complexity index is 715. The number of H-pyrrole nitrogens is 1. The van der Waals surface area contributed by atoms with Gasteiger partial charge in [-0.1, -0.05) is 0 Å². The molecule has 20 heavy (non-hydrogen) atoms. The number of carbonyl (C=O) groups excluding carboxylic acids is 1. The molecule has 0 radical (unpaired) electrons. The average Bonchev–Trinajstić information content (AvgIpc) is 2.69. The summed E-state index contributed by atoms with van der Waals surface area (Å²) in [6, 6.07) is 4.35. The normalized spacial score (nSPS) is 10.8. The number of rotatable bonds is 6. The number of hydrogen-bond donors (Lipinski definition) is 3. The number of ether oxygens (including phenoxy) is 1. The number of aromatic amines is 1. The maximum Gasteiger partial charge on any atom is 0.335 e. The van der Waals surface area contributed by atoms with Gasteiger partial charge in [0.1, 0.15) is 6.61 Å². The number of carboxylic acids is 1. The summed E-state index contributed by atoms with van der Waals surface area (Å²) in [6.07, 6.45) is 0. The van der Waals surface area contributed by atoms with Crippen molar-refractivity contribution in [2.24, 2.45) is 5.73 Å². The summed E-state index contributed by atoms with van der Waals surface area (Å²) < 4.78 is 6.40. The second-order valence-corrected chi connectivity index (χ2v) is 4.14. The van der Waals surface area contributed by atoms with E-state index < -0.39 is 11.9 Å². The molecule has 0 unspecified atom stereocenters. The van der Waals surface area contributed by atoms with E-state index in [1.165, 1.54) is 16.7 Å². The van der Waals surface area contributed by atoms with Crippen LogP contribution in [0, 0.1) is 0 Å². The minimum Gasteiger partial charge on any atom is -0.478 e. The van der Waals surface area contributed by atoms with Gasteiger partial charge in [-0.2, -0.15) is 0 Å². The van der Waals surface area contributed by atoms with Crippen LogP contribution in [0.1, 0.15) is 10.4 Å². The van der Waals surface area contributed by atoms with Crippen LogP contribution >= 0.6 is 0 Å². The van der Waals surface area contributed by atoms with Gasteiger partial charge >= 0.3 is 11.7 Å². The van der Waals surface area contributed by atoms with Crippen molar-refractivity contribution in [2.75, 3.05) is 13.2 Å². The van der Waals surface area contributed by atoms with E-state index in [2.05, 4.69) is 4.98 Å². The van der Waals surface area contributed by atoms with Gasteiger partial charge < -0.3 is 20.6 Å². The SMILES string of the molecule is NC(=O)COCCn1c(=O)[nH]c2cc(C(=O)O)ccc21. The zero-order valence-electron chi connectivity index (χ0n) is 10.5. The van der Waals surface area contributed by atoms with Crippen LogP contribution in [-0.4, -0.2) is 39.7 Å². The van der Waals surface area contributed by atoms with Crippen LogP contribution in [0.3, 0.4) is 0 Å². The first-order valence-corrected chi connectivity index (χ1v) is 5.81. The van der Waals surface area contributed by atoms with Gasteiger partial charge in [0, 0.05) is 0 Å². The van der Waals surface area contributed by atoms with Crippen LogP contribution < -0.4 is 11.4 Å². The van der Waals surface area contributed by atoms with E-state index in [9.17, 15) is 14.4 Å². The van der Waals surface area contributed by atoms with Crippen LogP contribution in [-0.2, 0) is 16.1 Å². The van der Waals surface area contributed by atoms with Gasteiger partial charge in [-0.05, 0) is 18.2 Å². The largest absolute Gasteiger partial charge is 0.478 e. The summed E-state index contributed by atoms with van der Waals surface area (Å²) in [6.45, 7) is 0.176. The predicted octanol–water partition coefficient (Wildman–Crippen LogP) is -0.470. The molecule has 0 bridgehead atoms. The lowest BCUT2D eigenvalue weighted by Crippen LogP contribution is -2.23. The number of nitrogens with two attached hydrogens (primary N) is 1. The number of amides is 1. The molecule has 0 saturated carbocycles. The first-order chi connectivity index (χ1) is 9.49. The fraction of sp³-hybridized carbons (Fsp3) is 0.250. The third-order valence-electron chi connectivity index (χ3n) is 2.72. The number of aromatic carboxylic acids is 1. The van der Waals surface area contributed by atoms with E-state index >= 15 is 0 Å². The number of carboxylic acid groups (broad SMARTS) is 1. The fourth-order valence-electron chi connectivity index (χ4n) is 1.85. The number of carbonyl (C=O) groups is 2. The molecule has 1 amide bonds. The van der Waals surface area contributed by atoms with Gasteiger partial charge in [-0.15, -0.1) is 0 Å². The Morgan fingerprint density at radius 2 is 2.15 bits per heavy atom. The minimum atomic E-state index is -1.06. The molecule has 0 aliphatic heterocycles. The molecular formula is C12H13N3O5. The quantitative estimate of drug-likeness (QED) is 0.616. The molecule has 0 aliphatic rings. The monoisotopic (exact) mass is 279 g/mol. The maximum absolute atomic E-state index is 11.8. The molecule has 0 aliphatic carbocycles. The van der Waals surface area contributed by atoms with E-state index in [1.54, 1.807) is 6.07 Å². The summed E-state index contributed by atoms with van der Waals surface area (Å²) in [5.74, 6) is -1.65. The van der Waals surface area contributed by atoms with Gasteiger partial charge in [0.05, 0.1) is 29.7 Å². The average molecular weight is 279 g/mol. The van der Waals surface area contributed by atoms with Crippen LogP contribution in [0.4, 0.5) is 0 Å². The van der Waals surface area contributed by atoms with Crippen molar-refractivity contribution in [2.45, 2.75) is 6.54 Å². The van der Waals surface area contributed by atoms with Crippen molar-refractivity contribution in [1.29, 1.82) is 0 Å². The van der Waals surface area contributed by atoms with E-state index in [0.717, 1.165) is 0 Å². The Balaban J connectivity index is 2.21. The molecule has 0 fully saturated rings. The number of fused-ring (bicyclic) bond motifs is 1. The number of aromatic nitrogens is 2. The molecular weight excluding hydrogens is 266 g/mol. The second kappa shape index (κ2) is 5.57. The summed E-state index contributed by atoms with van der Waals surface area (Å²) in [5, 5.41) is 8.88. The molecule has 1 aromatic heterocycles. The lowest BCUT2D eigenvalue weighted by atomic mass is 10.2. The third kappa shape index (κ3) is 2.86. The van der Waals surface area contributed by atoms with E-state index in [4.69, 9.17) is 15.6 Å². The molecule has 0 spiro atoms. The van der Waals surface area contributed by atoms with Crippen molar-refractivity contribution in [3.63, 3.8) is 0 Å². The summed E-state index contributed by atoms with van der Waals surface area (Å²) in [5.41, 5.74) is 5.65. The molecule has 0 atom stereocenters. The number of hydrogen-bond acceptors (Lipinski definition) is 4. The lowest BCUT2D eigenvalue weighted by Gasteiger charge is -2.04. The molecule has 0 saturated heterocycles. The van der Waals surface area contributed by atoms with E-state index in [0.29, 0.717) is 11.0 Å². The number of benzene rings is 1. The van der Waals surface area contributed by atoms with Crippen LogP contribution in [0.5, 0.6) is 0 Å². The zero-order valence-corrected chi connectivity index (χ0v) is 10.5. The predicted molar refractivity (Wildman–Crippen MR) is 69.5 cm³/mol. The molecule has 8 heteroatoms. The molecule has 4 N–H and O–H groups in total. The van der Waals surface area contributed by atoms with Crippen molar-refractivity contribution in [3.05, 3.63) is 34.2 Å². The highest BCUT2D eigenvalue weighted by Gasteiger charge is 2.10. The van der Waals surface area contributed by atoms with Gasteiger partial charge in [0.25, 0.3) is 0 Å². The highest BCUT2D eigenvalue weighted by atomic mass is 16.5. The molecule has 8 nitrogen and oxygen atoms in total. The number of nitrogens with zero attached hydrogens (tertiary/aromatic N) is 1. The van der Waals surface area contributed by atoms with Gasteiger partial charge in [0.15, 0.2) is 0 Å². The Kier molecular flexibility index (Phi) is 3.85. The van der Waals surface area contributed by atoms with Crippen LogP contribution in [0.2, 0.25) is 0 Å². The van der Waals surface area contributed by atoms with E-state index in [-0.39, 0.29) is 31.0 Å². The van der Waals surface area contributed by atoms with Crippen molar-refractivity contribution in [3.8, 4) is 0 Å². The number of primary amides is 1. The Hall–Kier alpha value is -2.61. The van der Waals surface area contributed by atoms with Crippen molar-refractivity contribution < 1.29 is 19.4 Å². The highest BCUT2D eigenvalue weighted by molar-refractivity contribution is 5.92. The second-order valence-electron chi connectivity index (χ2n) is 4.14. The minimum absolute atomic E-state index is 0.0934. The Labute approximate surface area is 112 Å². The van der Waals surface area contributed by atoms with Crippen LogP contribution in [0.25, 0.3) is 11.0 Å². The van der Waals surface area contributed by atoms with Crippen LogP contribution in [0.15, 0.2) is 23.0 Å². The maximum atomic E-state index is 11.8. The van der Waals surface area contributed by atoms with Gasteiger partial charge in [0.2, 0.25) is 5.91 Å². The van der Waals surface area contributed by atoms with E-state index in [1.807, 2.05) is 0 Å². The van der Waals surface area contributed by atoms with Gasteiger partial charge in [-0.25, -0.2) is 9.59 Å². The number of nitrogens with one attached hydrogen (secondary N) is 1. The lowest BCUT2D eigenvalue weighted by molar-refractivity contribution is -0.122. The molecule has 2 rings (SSSR count). The van der Waals surface area contributed by atoms with Gasteiger partial charge in [-0.3, -0.25) is 9.36 Å². The van der Waals surface area contributed by atoms with Crippen molar-refractivity contribution in [1.82, 2.24) is 9.55 Å². The molecule has 106 valence electrons. The first-order valence-electron chi connectivity index (χ1n) is 5.81. The molecule has 2 aromatic rings.